The van der Waals surface area contributed by atoms with Crippen LogP contribution in [0.2, 0.25) is 0 Å². The van der Waals surface area contributed by atoms with Gasteiger partial charge < -0.3 is 9.47 Å². The second-order valence-electron chi connectivity index (χ2n) is 1.59. The van der Waals surface area contributed by atoms with Crippen LogP contribution in [0.4, 0.5) is 0 Å². The molecule has 0 aliphatic heterocycles. The maximum Gasteiger partial charge on any atom is 0.161 e. The van der Waals surface area contributed by atoms with Crippen LogP contribution in [-0.4, -0.2) is 26.1 Å². The molecule has 0 fully saturated rings. The molecule has 0 bridgehead atoms. The number of carbonyl (C=O) groups excluding carboxylic acids is 1. The molecule has 0 aromatic heterocycles. The number of methoxy groups -OCH3 is 1. The van der Waals surface area contributed by atoms with E-state index in [1.807, 2.05) is 0 Å². The Bertz CT molecular complexity index is 80.4. The van der Waals surface area contributed by atoms with Gasteiger partial charge in [-0.1, -0.05) is 0 Å². The van der Waals surface area contributed by atoms with Crippen molar-refractivity contribution in [2.75, 3.05) is 20.3 Å². The fourth-order valence-corrected chi connectivity index (χ4v) is 0.308. The smallest absolute Gasteiger partial charge is 0.161 e. The van der Waals surface area contributed by atoms with Gasteiger partial charge in [-0.2, -0.15) is 0 Å². The van der Waals surface area contributed by atoms with E-state index >= 15 is 0 Å². The zero-order valence-electron chi connectivity index (χ0n) is 5.72. The first kappa shape index (κ1) is 8.59. The quantitative estimate of drug-likeness (QED) is 0.506. The lowest BCUT2D eigenvalue weighted by atomic mass is 10.5. The molecule has 3 nitrogen and oxygen atoms in total. The van der Waals surface area contributed by atoms with Crippen LogP contribution in [0, 0.1) is 6.61 Å². The summed E-state index contributed by atoms with van der Waals surface area (Å²) in [6.07, 6.45) is 0. The molecule has 0 atom stereocenters. The summed E-state index contributed by atoms with van der Waals surface area (Å²) in [4.78, 5) is 10.2. The number of hydrogen-bond donors (Lipinski definition) is 0. The van der Waals surface area contributed by atoms with Crippen LogP contribution < -0.4 is 0 Å². The lowest BCUT2D eigenvalue weighted by molar-refractivity contribution is -0.117. The molecule has 53 valence electrons. The third kappa shape index (κ3) is 7.59. The largest absolute Gasteiger partial charge is 0.382 e. The van der Waals surface area contributed by atoms with Gasteiger partial charge in [0.15, 0.2) is 5.78 Å². The van der Waals surface area contributed by atoms with Crippen molar-refractivity contribution >= 4 is 5.78 Å². The Hall–Kier alpha value is -0.410. The molecule has 0 rings (SSSR count). The average Bonchev–Trinajstić information content (AvgIpc) is 1.80. The van der Waals surface area contributed by atoms with E-state index in [0.29, 0.717) is 13.2 Å². The Morgan fingerprint density at radius 2 is 2.22 bits per heavy atom. The van der Waals surface area contributed by atoms with Gasteiger partial charge in [0, 0.05) is 7.11 Å². The Kier molecular flexibility index (Phi) is 5.46. The standard InChI is InChI=1S/C6H11O3/c1-6(7)5-9-4-3-8-2/h5H,3-4H2,1-2H3. The van der Waals surface area contributed by atoms with Gasteiger partial charge in [0.05, 0.1) is 13.2 Å². The second kappa shape index (κ2) is 5.72. The average molecular weight is 131 g/mol. The Balaban J connectivity index is 2.83. The summed E-state index contributed by atoms with van der Waals surface area (Å²) < 4.78 is 9.40. The van der Waals surface area contributed by atoms with Gasteiger partial charge >= 0.3 is 0 Å². The van der Waals surface area contributed by atoms with Crippen LogP contribution in [0.15, 0.2) is 0 Å². The van der Waals surface area contributed by atoms with Crippen LogP contribution in [-0.2, 0) is 14.3 Å². The summed E-state index contributed by atoms with van der Waals surface area (Å²) in [6.45, 7) is 3.58. The van der Waals surface area contributed by atoms with E-state index < -0.39 is 0 Å². The summed E-state index contributed by atoms with van der Waals surface area (Å²) in [5, 5.41) is 0. The maximum absolute atomic E-state index is 10.2. The van der Waals surface area contributed by atoms with Gasteiger partial charge in [-0.25, -0.2) is 0 Å². The topological polar surface area (TPSA) is 35.5 Å². The summed E-state index contributed by atoms with van der Waals surface area (Å²) >= 11 is 0. The molecule has 0 heterocycles. The minimum Gasteiger partial charge on any atom is -0.382 e. The summed E-state index contributed by atoms with van der Waals surface area (Å²) in [5.41, 5.74) is 0. The molecule has 0 aliphatic carbocycles. The predicted octanol–water partition coefficient (Wildman–Crippen LogP) is 0.400. The zero-order chi connectivity index (χ0) is 7.11. The molecule has 1 radical (unpaired) electrons. The molecule has 0 saturated carbocycles. The van der Waals surface area contributed by atoms with Crippen molar-refractivity contribution in [3.8, 4) is 0 Å². The monoisotopic (exact) mass is 131 g/mol. The molecule has 0 aromatic rings. The van der Waals surface area contributed by atoms with Crippen LogP contribution in [0.3, 0.4) is 0 Å². The van der Waals surface area contributed by atoms with Crippen molar-refractivity contribution in [1.29, 1.82) is 0 Å². The van der Waals surface area contributed by atoms with Crippen molar-refractivity contribution in [2.45, 2.75) is 6.92 Å². The number of ketones is 1. The van der Waals surface area contributed by atoms with Crippen molar-refractivity contribution in [3.05, 3.63) is 6.61 Å². The molecule has 9 heavy (non-hydrogen) atoms. The number of hydrogen-bond acceptors (Lipinski definition) is 3. The first-order valence-corrected chi connectivity index (χ1v) is 2.71. The normalized spacial score (nSPS) is 9.56. The summed E-state index contributed by atoms with van der Waals surface area (Å²) in [7, 11) is 1.58. The molecule has 0 spiro atoms. The van der Waals surface area contributed by atoms with Crippen molar-refractivity contribution in [3.63, 3.8) is 0 Å². The van der Waals surface area contributed by atoms with E-state index in [1.54, 1.807) is 7.11 Å². The van der Waals surface area contributed by atoms with Gasteiger partial charge in [0.2, 0.25) is 0 Å². The molecule has 0 aromatic carbocycles. The molecule has 3 heteroatoms. The maximum atomic E-state index is 10.2. The highest BCUT2D eigenvalue weighted by Gasteiger charge is 1.91. The number of ether oxygens (including phenoxy) is 2. The lowest BCUT2D eigenvalue weighted by Crippen LogP contribution is -2.03. The first-order valence-electron chi connectivity index (χ1n) is 2.71. The molecular weight excluding hydrogens is 120 g/mol. The van der Waals surface area contributed by atoms with Gasteiger partial charge in [-0.05, 0) is 6.92 Å². The number of carbonyl (C=O) groups is 1. The van der Waals surface area contributed by atoms with Crippen molar-refractivity contribution in [2.24, 2.45) is 0 Å². The first-order chi connectivity index (χ1) is 4.27. The molecule has 0 saturated heterocycles. The van der Waals surface area contributed by atoms with E-state index in [4.69, 9.17) is 4.74 Å². The number of rotatable bonds is 5. The third-order valence-corrected chi connectivity index (χ3v) is 0.655. The highest BCUT2D eigenvalue weighted by atomic mass is 16.5. The third-order valence-electron chi connectivity index (χ3n) is 0.655. The van der Waals surface area contributed by atoms with E-state index in [-0.39, 0.29) is 5.78 Å². The predicted molar refractivity (Wildman–Crippen MR) is 32.8 cm³/mol. The molecule has 0 amide bonds. The van der Waals surface area contributed by atoms with Gasteiger partial charge in [0.25, 0.3) is 0 Å². The summed E-state index contributed by atoms with van der Waals surface area (Å²) in [6, 6.07) is 0. The fraction of sp³-hybridized carbons (Fsp3) is 0.667. The van der Waals surface area contributed by atoms with Crippen LogP contribution in [0.25, 0.3) is 0 Å². The van der Waals surface area contributed by atoms with Crippen LogP contribution in [0.1, 0.15) is 6.92 Å². The van der Waals surface area contributed by atoms with E-state index in [9.17, 15) is 4.79 Å². The molecule has 0 aliphatic rings. The highest BCUT2D eigenvalue weighted by Crippen LogP contribution is 1.82. The van der Waals surface area contributed by atoms with E-state index in [2.05, 4.69) is 4.74 Å². The van der Waals surface area contributed by atoms with Crippen molar-refractivity contribution < 1.29 is 14.3 Å². The zero-order valence-corrected chi connectivity index (χ0v) is 5.72. The SMILES string of the molecule is COCCO[CH]C(C)=O. The Labute approximate surface area is 55.0 Å². The van der Waals surface area contributed by atoms with Gasteiger partial charge in [0.1, 0.15) is 6.61 Å². The second-order valence-corrected chi connectivity index (χ2v) is 1.59. The summed E-state index contributed by atoms with van der Waals surface area (Å²) in [5.74, 6) is -0.0777. The fourth-order valence-electron chi connectivity index (χ4n) is 0.308. The van der Waals surface area contributed by atoms with Gasteiger partial charge in [-0.15, -0.1) is 0 Å². The Morgan fingerprint density at radius 3 is 2.67 bits per heavy atom. The van der Waals surface area contributed by atoms with Crippen molar-refractivity contribution in [1.82, 2.24) is 0 Å². The highest BCUT2D eigenvalue weighted by molar-refractivity contribution is 5.82. The van der Waals surface area contributed by atoms with Crippen LogP contribution in [0.5, 0.6) is 0 Å². The number of Topliss-reactive ketones (excluding diaryl/α,β-unsaturated/α-hetero) is 1. The van der Waals surface area contributed by atoms with Crippen LogP contribution >= 0.6 is 0 Å². The minimum atomic E-state index is -0.0777. The Morgan fingerprint density at radius 1 is 1.56 bits per heavy atom. The minimum absolute atomic E-state index is 0.0777. The van der Waals surface area contributed by atoms with E-state index in [0.717, 1.165) is 0 Å². The molecule has 0 N–H and O–H groups in total. The lowest BCUT2D eigenvalue weighted by Gasteiger charge is -1.97. The molecular formula is C6H11O3. The molecule has 0 unspecified atom stereocenters. The van der Waals surface area contributed by atoms with E-state index in [1.165, 1.54) is 13.5 Å². The van der Waals surface area contributed by atoms with Gasteiger partial charge in [-0.3, -0.25) is 4.79 Å².